The summed E-state index contributed by atoms with van der Waals surface area (Å²) in [6, 6.07) is 22.2. The summed E-state index contributed by atoms with van der Waals surface area (Å²) in [6.45, 7) is 1.37. The second kappa shape index (κ2) is 11.1. The fourth-order valence-corrected chi connectivity index (χ4v) is 5.77. The molecule has 0 radical (unpaired) electrons. The third-order valence-electron chi connectivity index (χ3n) is 6.50. The molecule has 10 nitrogen and oxygen atoms in total. The number of carbonyl (C=O) groups is 3. The van der Waals surface area contributed by atoms with Gasteiger partial charge in [0.1, 0.15) is 16.8 Å². The van der Waals surface area contributed by atoms with Gasteiger partial charge in [0, 0.05) is 19.4 Å². The largest absolute Gasteiger partial charge is 0.344 e. The first-order valence-corrected chi connectivity index (χ1v) is 14.1. The third kappa shape index (κ3) is 6.10. The molecule has 204 valence electrons. The van der Waals surface area contributed by atoms with E-state index in [4.69, 9.17) is 0 Å². The number of nitrogens with zero attached hydrogens (tertiary/aromatic N) is 1. The Labute approximate surface area is 231 Å². The molecule has 0 fully saturated rings. The van der Waals surface area contributed by atoms with Gasteiger partial charge in [-0.1, -0.05) is 66.7 Å². The van der Waals surface area contributed by atoms with Gasteiger partial charge >= 0.3 is 0 Å². The Hall–Kier alpha value is -4.77. The molecule has 4 aromatic rings. The Morgan fingerprint density at radius 1 is 0.875 bits per heavy atom. The molecule has 1 aliphatic rings. The van der Waals surface area contributed by atoms with Crippen LogP contribution in [0.4, 0.5) is 0 Å². The molecular formula is C29H27N5O5S. The number of aromatic amines is 1. The minimum absolute atomic E-state index is 0.0924. The molecule has 1 aromatic heterocycles. The number of hydrogen-bond donors (Lipinski definition) is 4. The van der Waals surface area contributed by atoms with Crippen molar-refractivity contribution in [1.82, 2.24) is 25.3 Å². The van der Waals surface area contributed by atoms with E-state index in [2.05, 4.69) is 20.6 Å². The van der Waals surface area contributed by atoms with E-state index in [1.165, 1.54) is 6.92 Å². The summed E-state index contributed by atoms with van der Waals surface area (Å²) in [5, 5.41) is 5.79. The van der Waals surface area contributed by atoms with E-state index in [1.54, 1.807) is 24.3 Å². The van der Waals surface area contributed by atoms with Gasteiger partial charge in [-0.15, -0.1) is 0 Å². The van der Waals surface area contributed by atoms with E-state index in [-0.39, 0.29) is 16.7 Å². The van der Waals surface area contributed by atoms with Gasteiger partial charge in [-0.3, -0.25) is 14.4 Å². The Kier molecular flexibility index (Phi) is 7.47. The van der Waals surface area contributed by atoms with Crippen molar-refractivity contribution < 1.29 is 22.8 Å². The lowest BCUT2D eigenvalue weighted by molar-refractivity contribution is -0.128. The summed E-state index contributed by atoms with van der Waals surface area (Å²) in [7, 11) is -3.89. The maximum Gasteiger partial charge on any atom is 0.265 e. The number of benzene rings is 3. The van der Waals surface area contributed by atoms with Gasteiger partial charge in [-0.25, -0.2) is 18.1 Å². The number of rotatable bonds is 9. The van der Waals surface area contributed by atoms with Crippen molar-refractivity contribution >= 4 is 43.7 Å². The van der Waals surface area contributed by atoms with Crippen LogP contribution >= 0.6 is 0 Å². The van der Waals surface area contributed by atoms with Crippen molar-refractivity contribution in [3.05, 3.63) is 107 Å². The lowest BCUT2D eigenvalue weighted by atomic mass is 10.0. The van der Waals surface area contributed by atoms with Crippen LogP contribution < -0.4 is 15.4 Å². The molecule has 2 atom stereocenters. The van der Waals surface area contributed by atoms with Crippen LogP contribution in [0.2, 0.25) is 0 Å². The Bertz CT molecular complexity index is 1680. The van der Waals surface area contributed by atoms with Gasteiger partial charge in [-0.2, -0.15) is 0 Å². The topological polar surface area (TPSA) is 150 Å². The lowest BCUT2D eigenvalue weighted by Gasteiger charge is -2.22. The predicted molar refractivity (Wildman–Crippen MR) is 150 cm³/mol. The molecule has 0 spiro atoms. The average Bonchev–Trinajstić information content (AvgIpc) is 3.48. The van der Waals surface area contributed by atoms with Crippen LogP contribution in [0.5, 0.6) is 0 Å². The number of imidazole rings is 1. The normalized spacial score (nSPS) is 15.6. The molecule has 1 aliphatic heterocycles. The maximum atomic E-state index is 13.5. The average molecular weight is 558 g/mol. The molecule has 0 aliphatic carbocycles. The molecule has 0 saturated carbocycles. The first-order valence-electron chi connectivity index (χ1n) is 12.6. The van der Waals surface area contributed by atoms with E-state index in [1.807, 2.05) is 59.3 Å². The monoisotopic (exact) mass is 557 g/mol. The predicted octanol–water partition coefficient (Wildman–Crippen LogP) is 2.51. The summed E-state index contributed by atoms with van der Waals surface area (Å²) < 4.78 is 26.4. The molecule has 2 heterocycles. The highest BCUT2D eigenvalue weighted by atomic mass is 32.2. The highest BCUT2D eigenvalue weighted by Gasteiger charge is 2.29. The van der Waals surface area contributed by atoms with E-state index >= 15 is 0 Å². The summed E-state index contributed by atoms with van der Waals surface area (Å²) in [5.74, 6) is -0.837. The first kappa shape index (κ1) is 26.8. The molecule has 11 heteroatoms. The zero-order valence-electron chi connectivity index (χ0n) is 21.5. The van der Waals surface area contributed by atoms with Crippen LogP contribution in [0.1, 0.15) is 35.5 Å². The number of aromatic nitrogens is 2. The number of nitrogens with one attached hydrogen (secondary N) is 4. The Morgan fingerprint density at radius 2 is 1.55 bits per heavy atom. The number of sulfonamides is 1. The standard InChI is InChI=1S/C29H27N5O5S/c1-18(35)30-25(16-19-7-3-2-4-8-19)29(37)33-24(28-31-22-9-5-6-10-23(22)32-28)15-20-11-13-21(14-12-20)26-17-27(36)34-40(26,38)39/h2-14,17,24-25H,15-16H2,1H3,(H,30,35)(H,31,32)(H,33,37)(H,34,36)/t24-,25-/m0/s1. The van der Waals surface area contributed by atoms with Crippen molar-refractivity contribution in [2.75, 3.05) is 0 Å². The fraction of sp³-hybridized carbons (Fsp3) is 0.172. The van der Waals surface area contributed by atoms with Crippen molar-refractivity contribution in [2.24, 2.45) is 0 Å². The molecule has 40 heavy (non-hydrogen) atoms. The molecular weight excluding hydrogens is 530 g/mol. The van der Waals surface area contributed by atoms with Crippen LogP contribution in [-0.4, -0.2) is 42.1 Å². The van der Waals surface area contributed by atoms with E-state index in [0.29, 0.717) is 24.2 Å². The number of fused-ring (bicyclic) bond motifs is 1. The quantitative estimate of drug-likeness (QED) is 0.248. The van der Waals surface area contributed by atoms with Gasteiger partial charge in [0.15, 0.2) is 0 Å². The van der Waals surface area contributed by atoms with Crippen LogP contribution in [0.25, 0.3) is 15.9 Å². The molecule has 0 saturated heterocycles. The molecule has 3 aromatic carbocycles. The van der Waals surface area contributed by atoms with Gasteiger partial charge in [0.2, 0.25) is 11.8 Å². The summed E-state index contributed by atoms with van der Waals surface area (Å²) in [4.78, 5) is 44.9. The zero-order chi connectivity index (χ0) is 28.3. The van der Waals surface area contributed by atoms with Crippen molar-refractivity contribution in [3.63, 3.8) is 0 Å². The summed E-state index contributed by atoms with van der Waals surface area (Å²) in [5.41, 5.74) is 3.62. The maximum absolute atomic E-state index is 13.5. The zero-order valence-corrected chi connectivity index (χ0v) is 22.4. The number of para-hydroxylation sites is 2. The fourth-order valence-electron chi connectivity index (χ4n) is 4.62. The van der Waals surface area contributed by atoms with Crippen LogP contribution in [0.15, 0.2) is 84.9 Å². The number of amides is 3. The smallest absolute Gasteiger partial charge is 0.265 e. The molecule has 0 bridgehead atoms. The summed E-state index contributed by atoms with van der Waals surface area (Å²) in [6.07, 6.45) is 1.69. The highest BCUT2D eigenvalue weighted by Crippen LogP contribution is 2.26. The van der Waals surface area contributed by atoms with Crippen LogP contribution in [0.3, 0.4) is 0 Å². The van der Waals surface area contributed by atoms with Crippen LogP contribution in [0, 0.1) is 0 Å². The third-order valence-corrected chi connectivity index (χ3v) is 7.90. The van der Waals surface area contributed by atoms with Crippen molar-refractivity contribution in [3.8, 4) is 0 Å². The van der Waals surface area contributed by atoms with Crippen molar-refractivity contribution in [1.29, 1.82) is 0 Å². The molecule has 4 N–H and O–H groups in total. The molecule has 5 rings (SSSR count). The SMILES string of the molecule is CC(=O)N[C@@H](Cc1ccccc1)C(=O)N[C@@H](Cc1ccc(C2=CC(=O)NS2(=O)=O)cc1)c1nc2ccccc2[nH]1. The second-order valence-electron chi connectivity index (χ2n) is 9.52. The van der Waals surface area contributed by atoms with Gasteiger partial charge in [0.05, 0.1) is 17.1 Å². The highest BCUT2D eigenvalue weighted by molar-refractivity contribution is 7.99. The molecule has 3 amide bonds. The minimum Gasteiger partial charge on any atom is -0.344 e. The lowest BCUT2D eigenvalue weighted by Crippen LogP contribution is -2.48. The van der Waals surface area contributed by atoms with Crippen molar-refractivity contribution in [2.45, 2.75) is 31.8 Å². The Morgan fingerprint density at radius 3 is 2.20 bits per heavy atom. The Balaban J connectivity index is 1.42. The van der Waals surface area contributed by atoms with Gasteiger partial charge in [-0.05, 0) is 35.2 Å². The van der Waals surface area contributed by atoms with E-state index < -0.39 is 28.0 Å². The van der Waals surface area contributed by atoms with E-state index in [0.717, 1.165) is 28.2 Å². The van der Waals surface area contributed by atoms with Crippen LogP contribution in [-0.2, 0) is 37.2 Å². The minimum atomic E-state index is -3.89. The second-order valence-corrected chi connectivity index (χ2v) is 11.2. The van der Waals surface area contributed by atoms with Gasteiger partial charge < -0.3 is 15.6 Å². The number of carbonyl (C=O) groups excluding carboxylic acids is 3. The molecule has 0 unspecified atom stereocenters. The number of H-pyrrole nitrogens is 1. The summed E-state index contributed by atoms with van der Waals surface area (Å²) >= 11 is 0. The van der Waals surface area contributed by atoms with E-state index in [9.17, 15) is 22.8 Å². The first-order chi connectivity index (χ1) is 19.2. The van der Waals surface area contributed by atoms with Gasteiger partial charge in [0.25, 0.3) is 15.9 Å². The number of hydrogen-bond acceptors (Lipinski definition) is 6.